The van der Waals surface area contributed by atoms with E-state index in [-0.39, 0.29) is 0 Å². The van der Waals surface area contributed by atoms with E-state index in [0.29, 0.717) is 24.8 Å². The Morgan fingerprint density at radius 3 is 2.44 bits per heavy atom. The minimum atomic E-state index is -1.07. The van der Waals surface area contributed by atoms with Gasteiger partial charge in [0, 0.05) is 19.6 Å². The lowest BCUT2D eigenvalue weighted by atomic mass is 9.66. The molecule has 0 radical (unpaired) electrons. The molecule has 1 fully saturated rings. The molecule has 0 aromatic heterocycles. The van der Waals surface area contributed by atoms with Crippen LogP contribution in [0.3, 0.4) is 0 Å². The van der Waals surface area contributed by atoms with Gasteiger partial charge in [-0.25, -0.2) is 0 Å². The number of rotatable bonds is 4. The summed E-state index contributed by atoms with van der Waals surface area (Å²) < 4.78 is 0.853. The molecule has 1 aromatic rings. The van der Waals surface area contributed by atoms with Crippen LogP contribution in [-0.4, -0.2) is 39.8 Å². The first-order valence-electron chi connectivity index (χ1n) is 8.63. The highest BCUT2D eigenvalue weighted by Crippen LogP contribution is 2.47. The molecule has 1 aliphatic carbocycles. The Balaban J connectivity index is 1.74. The van der Waals surface area contributed by atoms with E-state index in [1.807, 2.05) is 24.3 Å². The molecule has 1 saturated heterocycles. The van der Waals surface area contributed by atoms with Gasteiger partial charge in [-0.2, -0.15) is 0 Å². The van der Waals surface area contributed by atoms with Crippen LogP contribution in [-0.2, 0) is 11.3 Å². The number of carboxylic acids is 1. The first-order valence-corrected chi connectivity index (χ1v) is 9.42. The number of likely N-dealkylation sites (tertiary alicyclic amines) is 1. The SMILES string of the molecule is CC1(C(=O)O)CC(Br)=CC=C1C1(O)CCN(Cc2ccccc2)CC1. The lowest BCUT2D eigenvalue weighted by Crippen LogP contribution is -2.50. The quantitative estimate of drug-likeness (QED) is 0.801. The number of benzene rings is 1. The van der Waals surface area contributed by atoms with Crippen LogP contribution in [0, 0.1) is 5.41 Å². The molecular formula is C20H24BrNO3. The van der Waals surface area contributed by atoms with Crippen LogP contribution in [0.25, 0.3) is 0 Å². The van der Waals surface area contributed by atoms with Crippen molar-refractivity contribution in [3.8, 4) is 0 Å². The van der Waals surface area contributed by atoms with E-state index in [1.54, 1.807) is 13.0 Å². The van der Waals surface area contributed by atoms with Crippen molar-refractivity contribution in [1.82, 2.24) is 4.90 Å². The van der Waals surface area contributed by atoms with Gasteiger partial charge in [-0.15, -0.1) is 0 Å². The Morgan fingerprint density at radius 2 is 1.84 bits per heavy atom. The predicted octanol–water partition coefficient (Wildman–Crippen LogP) is 3.71. The zero-order valence-electron chi connectivity index (χ0n) is 14.4. The summed E-state index contributed by atoms with van der Waals surface area (Å²) in [7, 11) is 0. The average molecular weight is 406 g/mol. The molecule has 1 aromatic carbocycles. The van der Waals surface area contributed by atoms with Gasteiger partial charge in [0.15, 0.2) is 0 Å². The van der Waals surface area contributed by atoms with Crippen LogP contribution in [0.2, 0.25) is 0 Å². The molecule has 134 valence electrons. The van der Waals surface area contributed by atoms with Crippen LogP contribution < -0.4 is 0 Å². The van der Waals surface area contributed by atoms with Crippen molar-refractivity contribution in [2.75, 3.05) is 13.1 Å². The predicted molar refractivity (Wildman–Crippen MR) is 101 cm³/mol. The fourth-order valence-corrected chi connectivity index (χ4v) is 4.59. The standard InChI is InChI=1S/C20H24BrNO3/c1-19(18(23)24)13-16(21)7-8-17(19)20(25)9-11-22(12-10-20)14-15-5-3-2-4-6-15/h2-8,25H,9-14H2,1H3,(H,23,24). The zero-order valence-corrected chi connectivity index (χ0v) is 16.0. The molecule has 1 aliphatic heterocycles. The molecule has 0 bridgehead atoms. The van der Waals surface area contributed by atoms with E-state index in [2.05, 4.69) is 33.0 Å². The van der Waals surface area contributed by atoms with Crippen molar-refractivity contribution < 1.29 is 15.0 Å². The topological polar surface area (TPSA) is 60.8 Å². The van der Waals surface area contributed by atoms with E-state index in [4.69, 9.17) is 0 Å². The van der Waals surface area contributed by atoms with Gasteiger partial charge in [0.05, 0.1) is 11.0 Å². The smallest absolute Gasteiger partial charge is 0.313 e. The fourth-order valence-electron chi connectivity index (χ4n) is 3.90. The Bertz CT molecular complexity index is 705. The highest BCUT2D eigenvalue weighted by molar-refractivity contribution is 9.11. The number of aliphatic carboxylic acids is 1. The van der Waals surface area contributed by atoms with Gasteiger partial charge < -0.3 is 10.2 Å². The van der Waals surface area contributed by atoms with Crippen molar-refractivity contribution in [1.29, 1.82) is 0 Å². The Morgan fingerprint density at radius 1 is 1.20 bits per heavy atom. The molecule has 0 spiro atoms. The van der Waals surface area contributed by atoms with Crippen molar-refractivity contribution in [2.45, 2.75) is 38.3 Å². The lowest BCUT2D eigenvalue weighted by molar-refractivity contribution is -0.147. The minimum Gasteiger partial charge on any atom is -0.481 e. The van der Waals surface area contributed by atoms with Gasteiger partial charge in [0.25, 0.3) is 0 Å². The summed E-state index contributed by atoms with van der Waals surface area (Å²) in [5.41, 5.74) is -0.226. The normalized spacial score (nSPS) is 26.7. The Hall–Kier alpha value is -1.43. The van der Waals surface area contributed by atoms with Gasteiger partial charge in [0.1, 0.15) is 0 Å². The number of allylic oxidation sites excluding steroid dienone is 3. The maximum Gasteiger partial charge on any atom is 0.313 e. The lowest BCUT2D eigenvalue weighted by Gasteiger charge is -2.45. The van der Waals surface area contributed by atoms with Crippen LogP contribution >= 0.6 is 15.9 Å². The summed E-state index contributed by atoms with van der Waals surface area (Å²) in [5.74, 6) is -0.885. The summed E-state index contributed by atoms with van der Waals surface area (Å²) in [5, 5.41) is 21.0. The van der Waals surface area contributed by atoms with E-state index in [9.17, 15) is 15.0 Å². The van der Waals surface area contributed by atoms with Crippen molar-refractivity contribution in [2.24, 2.45) is 5.41 Å². The molecule has 0 amide bonds. The van der Waals surface area contributed by atoms with Gasteiger partial charge >= 0.3 is 5.97 Å². The molecule has 2 N–H and O–H groups in total. The molecule has 1 heterocycles. The molecule has 1 unspecified atom stereocenters. The number of carbonyl (C=O) groups is 1. The summed E-state index contributed by atoms with van der Waals surface area (Å²) in [6.45, 7) is 4.08. The Labute approximate surface area is 157 Å². The summed E-state index contributed by atoms with van der Waals surface area (Å²) >= 11 is 3.41. The zero-order chi connectivity index (χ0) is 18.1. The molecule has 25 heavy (non-hydrogen) atoms. The number of hydrogen-bond donors (Lipinski definition) is 2. The number of carboxylic acid groups (broad SMARTS) is 1. The molecule has 1 atom stereocenters. The largest absolute Gasteiger partial charge is 0.481 e. The number of piperidine rings is 1. The highest BCUT2D eigenvalue weighted by atomic mass is 79.9. The summed E-state index contributed by atoms with van der Waals surface area (Å²) in [4.78, 5) is 14.2. The first-order chi connectivity index (χ1) is 11.8. The van der Waals surface area contributed by atoms with Crippen LogP contribution in [0.4, 0.5) is 0 Å². The third-order valence-electron chi connectivity index (χ3n) is 5.45. The van der Waals surface area contributed by atoms with Gasteiger partial charge in [-0.3, -0.25) is 9.69 Å². The van der Waals surface area contributed by atoms with E-state index in [0.717, 1.165) is 24.1 Å². The third-order valence-corrected chi connectivity index (χ3v) is 6.00. The maximum absolute atomic E-state index is 11.9. The maximum atomic E-state index is 11.9. The van der Waals surface area contributed by atoms with Crippen LogP contribution in [0.1, 0.15) is 31.7 Å². The third kappa shape index (κ3) is 3.73. The van der Waals surface area contributed by atoms with Crippen molar-refractivity contribution in [3.63, 3.8) is 0 Å². The number of hydrogen-bond acceptors (Lipinski definition) is 3. The summed E-state index contributed by atoms with van der Waals surface area (Å²) in [6.07, 6.45) is 5.16. The molecule has 0 saturated carbocycles. The second-order valence-electron chi connectivity index (χ2n) is 7.30. The molecule has 3 rings (SSSR count). The van der Waals surface area contributed by atoms with E-state index >= 15 is 0 Å². The van der Waals surface area contributed by atoms with Gasteiger partial charge in [-0.05, 0) is 41.8 Å². The molecular weight excluding hydrogens is 382 g/mol. The minimum absolute atomic E-state index is 0.379. The van der Waals surface area contributed by atoms with Crippen molar-refractivity contribution >= 4 is 21.9 Å². The Kier molecular flexibility index (Phi) is 5.19. The monoisotopic (exact) mass is 405 g/mol. The molecule has 4 nitrogen and oxygen atoms in total. The van der Waals surface area contributed by atoms with Crippen LogP contribution in [0.15, 0.2) is 52.5 Å². The molecule has 5 heteroatoms. The number of nitrogens with zero attached hydrogens (tertiary/aromatic N) is 1. The van der Waals surface area contributed by atoms with Gasteiger partial charge in [-0.1, -0.05) is 58.4 Å². The number of halogens is 1. The second kappa shape index (κ2) is 7.06. The van der Waals surface area contributed by atoms with Gasteiger partial charge in [0.2, 0.25) is 0 Å². The van der Waals surface area contributed by atoms with Crippen LogP contribution in [0.5, 0.6) is 0 Å². The second-order valence-corrected chi connectivity index (χ2v) is 8.32. The average Bonchev–Trinajstić information content (AvgIpc) is 2.58. The fraction of sp³-hybridized carbons (Fsp3) is 0.450. The molecule has 2 aliphatic rings. The summed E-state index contributed by atoms with van der Waals surface area (Å²) in [6, 6.07) is 10.3. The van der Waals surface area contributed by atoms with Crippen molar-refractivity contribution in [3.05, 3.63) is 58.1 Å². The number of aliphatic hydroxyl groups is 1. The highest BCUT2D eigenvalue weighted by Gasteiger charge is 2.49. The van der Waals surface area contributed by atoms with E-state index in [1.165, 1.54) is 5.56 Å². The van der Waals surface area contributed by atoms with E-state index < -0.39 is 17.0 Å². The first kappa shape index (κ1) is 18.4.